The molecule has 0 spiro atoms. The third-order valence-corrected chi connectivity index (χ3v) is 6.38. The lowest BCUT2D eigenvalue weighted by molar-refractivity contribution is 0.100. The van der Waals surface area contributed by atoms with Crippen molar-refractivity contribution in [2.24, 2.45) is 4.36 Å². The number of hydrogen-bond acceptors (Lipinski definition) is 2. The number of hydrogen-bond donors (Lipinski definition) is 0. The number of nitrogens with zero attached hydrogens (tertiary/aromatic N) is 2. The Bertz CT molecular complexity index is 822. The first-order chi connectivity index (χ1) is 11.6. The van der Waals surface area contributed by atoms with Gasteiger partial charge in [0.25, 0.3) is 5.91 Å². The van der Waals surface area contributed by atoms with Gasteiger partial charge in [0.15, 0.2) is 0 Å². The Labute approximate surface area is 141 Å². The van der Waals surface area contributed by atoms with Crippen molar-refractivity contribution in [1.82, 2.24) is 4.31 Å². The zero-order valence-electron chi connectivity index (χ0n) is 13.2. The van der Waals surface area contributed by atoms with Crippen LogP contribution < -0.4 is 0 Å². The SMILES string of the molecule is O=C(N=S(=O)(c1ccccc1)N1CCCCC1)c1ccc(F)cc1. The van der Waals surface area contributed by atoms with Crippen LogP contribution in [0.4, 0.5) is 4.39 Å². The van der Waals surface area contributed by atoms with Crippen LogP contribution in [-0.4, -0.2) is 27.5 Å². The first-order valence-electron chi connectivity index (χ1n) is 7.97. The summed E-state index contributed by atoms with van der Waals surface area (Å²) in [5.41, 5.74) is 0.233. The van der Waals surface area contributed by atoms with Crippen molar-refractivity contribution in [2.75, 3.05) is 13.1 Å². The Balaban J connectivity index is 2.05. The average Bonchev–Trinajstić information content (AvgIpc) is 2.63. The molecule has 1 saturated heterocycles. The Kier molecular flexibility index (Phi) is 5.06. The van der Waals surface area contributed by atoms with Crippen molar-refractivity contribution >= 4 is 15.8 Å². The summed E-state index contributed by atoms with van der Waals surface area (Å²) in [4.78, 5) is 13.0. The van der Waals surface area contributed by atoms with Crippen LogP contribution >= 0.6 is 0 Å². The van der Waals surface area contributed by atoms with Gasteiger partial charge in [0.2, 0.25) is 0 Å². The van der Waals surface area contributed by atoms with Gasteiger partial charge in [-0.2, -0.15) is 0 Å². The number of piperidine rings is 1. The highest BCUT2D eigenvalue weighted by atomic mass is 32.2. The minimum atomic E-state index is -3.01. The zero-order chi connectivity index (χ0) is 17.0. The predicted octanol–water partition coefficient (Wildman–Crippen LogP) is 3.89. The van der Waals surface area contributed by atoms with Crippen LogP contribution in [-0.2, 0) is 9.92 Å². The van der Waals surface area contributed by atoms with Crippen molar-refractivity contribution in [3.05, 3.63) is 66.0 Å². The van der Waals surface area contributed by atoms with Gasteiger partial charge < -0.3 is 0 Å². The Morgan fingerprint density at radius 1 is 0.958 bits per heavy atom. The van der Waals surface area contributed by atoms with Crippen molar-refractivity contribution in [1.29, 1.82) is 0 Å². The Hall–Kier alpha value is -2.05. The molecule has 1 heterocycles. The first-order valence-corrected chi connectivity index (χ1v) is 9.44. The minimum absolute atomic E-state index is 0.233. The normalized spacial score (nSPS) is 17.9. The monoisotopic (exact) mass is 346 g/mol. The molecule has 126 valence electrons. The fourth-order valence-electron chi connectivity index (χ4n) is 2.73. The Morgan fingerprint density at radius 3 is 2.21 bits per heavy atom. The van der Waals surface area contributed by atoms with Gasteiger partial charge in [-0.3, -0.25) is 4.79 Å². The second-order valence-electron chi connectivity index (χ2n) is 5.70. The molecule has 0 aromatic heterocycles. The molecule has 1 atom stereocenters. The van der Waals surface area contributed by atoms with Gasteiger partial charge in [0, 0.05) is 18.7 Å². The predicted molar refractivity (Wildman–Crippen MR) is 91.4 cm³/mol. The van der Waals surface area contributed by atoms with E-state index in [2.05, 4.69) is 4.36 Å². The minimum Gasteiger partial charge on any atom is -0.266 e. The number of amides is 1. The first kappa shape index (κ1) is 16.8. The van der Waals surface area contributed by atoms with Crippen LogP contribution in [0.5, 0.6) is 0 Å². The summed E-state index contributed by atoms with van der Waals surface area (Å²) in [6, 6.07) is 14.0. The molecule has 1 amide bonds. The highest BCUT2D eigenvalue weighted by Gasteiger charge is 2.26. The summed E-state index contributed by atoms with van der Waals surface area (Å²) in [5.74, 6) is -1.01. The van der Waals surface area contributed by atoms with E-state index < -0.39 is 21.6 Å². The topological polar surface area (TPSA) is 49.7 Å². The van der Waals surface area contributed by atoms with Crippen LogP contribution in [0, 0.1) is 5.82 Å². The van der Waals surface area contributed by atoms with Gasteiger partial charge in [-0.1, -0.05) is 24.6 Å². The van der Waals surface area contributed by atoms with E-state index in [-0.39, 0.29) is 5.56 Å². The molecule has 6 heteroatoms. The summed E-state index contributed by atoms with van der Waals surface area (Å²) in [5, 5.41) is 0. The van der Waals surface area contributed by atoms with Crippen LogP contribution in [0.25, 0.3) is 0 Å². The standard InChI is InChI=1S/C18H19FN2O2S/c19-16-11-9-15(10-12-16)18(22)20-24(23,17-7-3-1-4-8-17)21-13-5-2-6-14-21/h1,3-4,7-12H,2,5-6,13-14H2. The molecule has 24 heavy (non-hydrogen) atoms. The molecular weight excluding hydrogens is 327 g/mol. The maximum Gasteiger partial charge on any atom is 0.286 e. The van der Waals surface area contributed by atoms with E-state index in [4.69, 9.17) is 0 Å². The largest absolute Gasteiger partial charge is 0.286 e. The molecule has 0 N–H and O–H groups in total. The molecule has 3 rings (SSSR count). The van der Waals surface area contributed by atoms with Crippen molar-refractivity contribution < 1.29 is 13.4 Å². The average molecular weight is 346 g/mol. The third kappa shape index (κ3) is 3.55. The molecule has 1 fully saturated rings. The van der Waals surface area contributed by atoms with Crippen LogP contribution in [0.2, 0.25) is 0 Å². The quantitative estimate of drug-likeness (QED) is 0.846. The van der Waals surface area contributed by atoms with Crippen molar-refractivity contribution in [2.45, 2.75) is 24.2 Å². The van der Waals surface area contributed by atoms with E-state index in [9.17, 15) is 13.4 Å². The van der Waals surface area contributed by atoms with Gasteiger partial charge in [-0.25, -0.2) is 12.9 Å². The lowest BCUT2D eigenvalue weighted by Crippen LogP contribution is -2.36. The van der Waals surface area contributed by atoms with Gasteiger partial charge in [0.05, 0.1) is 4.90 Å². The third-order valence-electron chi connectivity index (χ3n) is 4.01. The second-order valence-corrected chi connectivity index (χ2v) is 7.87. The number of carbonyl (C=O) groups excluding carboxylic acids is 1. The summed E-state index contributed by atoms with van der Waals surface area (Å²) < 4.78 is 32.6. The fraction of sp³-hybridized carbons (Fsp3) is 0.278. The second kappa shape index (κ2) is 7.23. The number of rotatable bonds is 3. The molecule has 0 radical (unpaired) electrons. The molecule has 0 aliphatic carbocycles. The van der Waals surface area contributed by atoms with Gasteiger partial charge in [0.1, 0.15) is 15.7 Å². The van der Waals surface area contributed by atoms with E-state index in [1.165, 1.54) is 24.3 Å². The highest BCUT2D eigenvalue weighted by molar-refractivity contribution is 7.91. The van der Waals surface area contributed by atoms with Gasteiger partial charge >= 0.3 is 0 Å². The molecule has 2 aromatic carbocycles. The van der Waals surface area contributed by atoms with Gasteiger partial charge in [-0.05, 0) is 49.2 Å². The smallest absolute Gasteiger partial charge is 0.266 e. The molecular formula is C18H19FN2O2S. The van der Waals surface area contributed by atoms with Crippen LogP contribution in [0.1, 0.15) is 29.6 Å². The van der Waals surface area contributed by atoms with E-state index in [0.29, 0.717) is 18.0 Å². The molecule has 1 aliphatic heterocycles. The van der Waals surface area contributed by atoms with Gasteiger partial charge in [-0.15, -0.1) is 4.36 Å². The molecule has 2 aromatic rings. The maximum atomic E-state index is 13.7. The number of benzene rings is 2. The summed E-state index contributed by atoms with van der Waals surface area (Å²) >= 11 is 0. The van der Waals surface area contributed by atoms with Crippen LogP contribution in [0.3, 0.4) is 0 Å². The van der Waals surface area contributed by atoms with E-state index in [1.807, 2.05) is 6.07 Å². The lowest BCUT2D eigenvalue weighted by atomic mass is 10.2. The number of halogens is 1. The van der Waals surface area contributed by atoms with Crippen molar-refractivity contribution in [3.63, 3.8) is 0 Å². The van der Waals surface area contributed by atoms with E-state index in [0.717, 1.165) is 19.3 Å². The maximum absolute atomic E-state index is 13.7. The van der Waals surface area contributed by atoms with E-state index in [1.54, 1.807) is 28.6 Å². The Morgan fingerprint density at radius 2 is 1.58 bits per heavy atom. The van der Waals surface area contributed by atoms with E-state index >= 15 is 0 Å². The lowest BCUT2D eigenvalue weighted by Gasteiger charge is -2.29. The number of carbonyl (C=O) groups is 1. The summed E-state index contributed by atoms with van der Waals surface area (Å²) in [7, 11) is -3.01. The summed E-state index contributed by atoms with van der Waals surface area (Å²) in [6.07, 6.45) is 2.96. The summed E-state index contributed by atoms with van der Waals surface area (Å²) in [6.45, 7) is 1.29. The molecule has 4 nitrogen and oxygen atoms in total. The highest BCUT2D eigenvalue weighted by Crippen LogP contribution is 2.23. The van der Waals surface area contributed by atoms with Crippen LogP contribution in [0.15, 0.2) is 63.9 Å². The zero-order valence-corrected chi connectivity index (χ0v) is 14.0. The molecule has 1 aliphatic rings. The molecule has 0 bridgehead atoms. The van der Waals surface area contributed by atoms with Crippen molar-refractivity contribution in [3.8, 4) is 0 Å². The fourth-order valence-corrected chi connectivity index (χ4v) is 4.84. The molecule has 1 unspecified atom stereocenters. The molecule has 0 saturated carbocycles.